The molecule has 7 heteroatoms. The molecule has 0 spiro atoms. The van der Waals surface area contributed by atoms with Gasteiger partial charge >= 0.3 is 6.03 Å². The van der Waals surface area contributed by atoms with Crippen molar-refractivity contribution in [2.45, 2.75) is 19.9 Å². The Kier molecular flexibility index (Phi) is 6.49. The maximum absolute atomic E-state index is 12.8. The van der Waals surface area contributed by atoms with Gasteiger partial charge in [-0.1, -0.05) is 12.1 Å². The second-order valence-electron chi connectivity index (χ2n) is 6.52. The van der Waals surface area contributed by atoms with Crippen LogP contribution in [0.3, 0.4) is 0 Å². The molecule has 0 aromatic heterocycles. The highest BCUT2D eigenvalue weighted by Crippen LogP contribution is 2.26. The van der Waals surface area contributed by atoms with E-state index in [1.807, 2.05) is 43.3 Å². The predicted molar refractivity (Wildman–Crippen MR) is 108 cm³/mol. The van der Waals surface area contributed by atoms with Crippen LogP contribution >= 0.6 is 0 Å². The second-order valence-corrected chi connectivity index (χ2v) is 6.52. The quantitative estimate of drug-likeness (QED) is 0.733. The van der Waals surface area contributed by atoms with E-state index in [0.717, 1.165) is 22.6 Å². The van der Waals surface area contributed by atoms with E-state index >= 15 is 0 Å². The molecule has 0 saturated heterocycles. The van der Waals surface area contributed by atoms with E-state index < -0.39 is 0 Å². The first kappa shape index (κ1) is 19.7. The van der Waals surface area contributed by atoms with E-state index in [9.17, 15) is 9.59 Å². The third-order valence-electron chi connectivity index (χ3n) is 4.44. The third-order valence-corrected chi connectivity index (χ3v) is 4.44. The van der Waals surface area contributed by atoms with Crippen LogP contribution in [-0.2, 0) is 22.5 Å². The minimum atomic E-state index is -0.219. The molecule has 0 aliphatic carbocycles. The van der Waals surface area contributed by atoms with E-state index in [2.05, 4.69) is 10.6 Å². The number of hydrogen-bond acceptors (Lipinski definition) is 4. The Bertz CT molecular complexity index is 836. The van der Waals surface area contributed by atoms with Gasteiger partial charge in [-0.15, -0.1) is 0 Å². The largest absolute Gasteiger partial charge is 0.494 e. The molecule has 0 bridgehead atoms. The standard InChI is InChI=1S/C21H25N3O4/c1-3-28-18-7-4-15(5-8-18)14-24(10-11-27-2)21(26)22-17-6-9-19-16(12-17)13-20(25)23-19/h4-9,12H,3,10-11,13-14H2,1-2H3,(H,22,26)(H,23,25). The van der Waals surface area contributed by atoms with Crippen LogP contribution in [0.15, 0.2) is 42.5 Å². The molecule has 0 atom stereocenters. The summed E-state index contributed by atoms with van der Waals surface area (Å²) in [6, 6.07) is 12.9. The van der Waals surface area contributed by atoms with Gasteiger partial charge in [0.2, 0.25) is 5.91 Å². The molecule has 0 radical (unpaired) electrons. The number of hydrogen-bond donors (Lipinski definition) is 2. The van der Waals surface area contributed by atoms with Crippen LogP contribution in [0, 0.1) is 0 Å². The zero-order chi connectivity index (χ0) is 19.9. The monoisotopic (exact) mass is 383 g/mol. The Morgan fingerprint density at radius 3 is 2.71 bits per heavy atom. The summed E-state index contributed by atoms with van der Waals surface area (Å²) < 4.78 is 10.6. The topological polar surface area (TPSA) is 79.9 Å². The van der Waals surface area contributed by atoms with Gasteiger partial charge in [0.25, 0.3) is 0 Å². The van der Waals surface area contributed by atoms with Crippen LogP contribution in [0.5, 0.6) is 5.75 Å². The lowest BCUT2D eigenvalue weighted by atomic mass is 10.1. The number of nitrogens with zero attached hydrogens (tertiary/aromatic N) is 1. The van der Waals surface area contributed by atoms with Crippen LogP contribution in [-0.4, -0.2) is 43.7 Å². The second kappa shape index (κ2) is 9.23. The Hall–Kier alpha value is -3.06. The number of carbonyl (C=O) groups is 2. The molecule has 3 rings (SSSR count). The summed E-state index contributed by atoms with van der Waals surface area (Å²) in [6.07, 6.45) is 0.332. The van der Waals surface area contributed by atoms with Gasteiger partial charge < -0.3 is 25.0 Å². The lowest BCUT2D eigenvalue weighted by molar-refractivity contribution is -0.115. The molecule has 0 saturated carbocycles. The molecule has 1 aliphatic heterocycles. The Balaban J connectivity index is 1.67. The van der Waals surface area contributed by atoms with Crippen molar-refractivity contribution in [3.8, 4) is 5.75 Å². The molecule has 2 aromatic carbocycles. The highest BCUT2D eigenvalue weighted by Gasteiger charge is 2.19. The van der Waals surface area contributed by atoms with Crippen molar-refractivity contribution in [2.24, 2.45) is 0 Å². The lowest BCUT2D eigenvalue weighted by Gasteiger charge is -2.23. The first-order valence-corrected chi connectivity index (χ1v) is 9.28. The van der Waals surface area contributed by atoms with Gasteiger partial charge in [-0.2, -0.15) is 0 Å². The van der Waals surface area contributed by atoms with Gasteiger partial charge in [0.1, 0.15) is 5.75 Å². The molecular formula is C21H25N3O4. The van der Waals surface area contributed by atoms with E-state index in [4.69, 9.17) is 9.47 Å². The number of urea groups is 1. The minimum absolute atomic E-state index is 0.0318. The number of carbonyl (C=O) groups excluding carboxylic acids is 2. The van der Waals surface area contributed by atoms with E-state index in [-0.39, 0.29) is 11.9 Å². The fourth-order valence-electron chi connectivity index (χ4n) is 3.04. The van der Waals surface area contributed by atoms with Gasteiger partial charge in [-0.05, 0) is 48.4 Å². The fourth-order valence-corrected chi connectivity index (χ4v) is 3.04. The molecular weight excluding hydrogens is 358 g/mol. The molecule has 3 amide bonds. The first-order chi connectivity index (χ1) is 13.6. The van der Waals surface area contributed by atoms with Crippen LogP contribution in [0.4, 0.5) is 16.2 Å². The normalized spacial score (nSPS) is 12.3. The van der Waals surface area contributed by atoms with Crippen molar-refractivity contribution in [2.75, 3.05) is 37.5 Å². The Labute approximate surface area is 164 Å². The number of rotatable bonds is 8. The van der Waals surface area contributed by atoms with Crippen molar-refractivity contribution in [1.82, 2.24) is 4.90 Å². The average Bonchev–Trinajstić information content (AvgIpc) is 3.06. The summed E-state index contributed by atoms with van der Waals surface area (Å²) in [7, 11) is 1.61. The lowest BCUT2D eigenvalue weighted by Crippen LogP contribution is -2.36. The number of ether oxygens (including phenoxy) is 2. The molecule has 0 unspecified atom stereocenters. The zero-order valence-electron chi connectivity index (χ0n) is 16.2. The van der Waals surface area contributed by atoms with Crippen molar-refractivity contribution in [3.05, 3.63) is 53.6 Å². The summed E-state index contributed by atoms with van der Waals surface area (Å²) >= 11 is 0. The average molecular weight is 383 g/mol. The SMILES string of the molecule is CCOc1ccc(CN(CCOC)C(=O)Nc2ccc3c(c2)CC(=O)N3)cc1. The van der Waals surface area contributed by atoms with Crippen molar-refractivity contribution in [1.29, 1.82) is 0 Å². The van der Waals surface area contributed by atoms with Crippen molar-refractivity contribution in [3.63, 3.8) is 0 Å². The number of methoxy groups -OCH3 is 1. The van der Waals surface area contributed by atoms with Gasteiger partial charge in [-0.25, -0.2) is 4.79 Å². The first-order valence-electron chi connectivity index (χ1n) is 9.28. The van der Waals surface area contributed by atoms with Crippen molar-refractivity contribution < 1.29 is 19.1 Å². The van der Waals surface area contributed by atoms with Crippen LogP contribution in [0.25, 0.3) is 0 Å². The van der Waals surface area contributed by atoms with Crippen LogP contribution < -0.4 is 15.4 Å². The van der Waals surface area contributed by atoms with Crippen LogP contribution in [0.1, 0.15) is 18.1 Å². The summed E-state index contributed by atoms with van der Waals surface area (Å²) in [5.74, 6) is 0.774. The number of fused-ring (bicyclic) bond motifs is 1. The van der Waals surface area contributed by atoms with Gasteiger partial charge in [0.15, 0.2) is 0 Å². The zero-order valence-corrected chi connectivity index (χ0v) is 16.2. The summed E-state index contributed by atoms with van der Waals surface area (Å²) in [4.78, 5) is 26.0. The molecule has 1 heterocycles. The predicted octanol–water partition coefficient (Wildman–Crippen LogP) is 3.26. The van der Waals surface area contributed by atoms with Gasteiger partial charge in [0, 0.05) is 31.6 Å². The van der Waals surface area contributed by atoms with E-state index in [0.29, 0.717) is 38.4 Å². The smallest absolute Gasteiger partial charge is 0.322 e. The highest BCUT2D eigenvalue weighted by atomic mass is 16.5. The number of anilines is 2. The molecule has 0 fully saturated rings. The van der Waals surface area contributed by atoms with Gasteiger partial charge in [0.05, 0.1) is 19.6 Å². The molecule has 7 nitrogen and oxygen atoms in total. The molecule has 2 N–H and O–H groups in total. The van der Waals surface area contributed by atoms with Crippen molar-refractivity contribution >= 4 is 23.3 Å². The Morgan fingerprint density at radius 2 is 2.00 bits per heavy atom. The third kappa shape index (κ3) is 5.01. The summed E-state index contributed by atoms with van der Waals surface area (Å²) in [5, 5.41) is 5.70. The summed E-state index contributed by atoms with van der Waals surface area (Å²) in [5.41, 5.74) is 3.35. The van der Waals surface area contributed by atoms with Crippen LogP contribution in [0.2, 0.25) is 0 Å². The molecule has 2 aromatic rings. The summed E-state index contributed by atoms with van der Waals surface area (Å²) in [6.45, 7) is 3.90. The molecule has 148 valence electrons. The maximum Gasteiger partial charge on any atom is 0.322 e. The van der Waals surface area contributed by atoms with E-state index in [1.54, 1.807) is 18.1 Å². The molecule has 28 heavy (non-hydrogen) atoms. The number of benzene rings is 2. The number of nitrogens with one attached hydrogen (secondary N) is 2. The Morgan fingerprint density at radius 1 is 1.21 bits per heavy atom. The maximum atomic E-state index is 12.8. The molecule has 1 aliphatic rings. The minimum Gasteiger partial charge on any atom is -0.494 e. The van der Waals surface area contributed by atoms with E-state index in [1.165, 1.54) is 0 Å². The van der Waals surface area contributed by atoms with Gasteiger partial charge in [-0.3, -0.25) is 4.79 Å². The fraction of sp³-hybridized carbons (Fsp3) is 0.333. The number of amides is 3. The highest BCUT2D eigenvalue weighted by molar-refractivity contribution is 6.00.